The largest absolute Gasteiger partial charge is 0.244 e. The van der Waals surface area contributed by atoms with Gasteiger partial charge in [0.05, 0.1) is 0 Å². The Labute approximate surface area is 69.0 Å². The normalized spacial score (nSPS) is 55.5. The van der Waals surface area contributed by atoms with E-state index in [0.717, 1.165) is 0 Å². The zero-order chi connectivity index (χ0) is 9.46. The monoisotopic (exact) mass is 184 g/mol. The molecule has 12 heavy (non-hydrogen) atoms. The number of alkyl halides is 4. The van der Waals surface area contributed by atoms with Crippen molar-refractivity contribution in [3.63, 3.8) is 0 Å². The summed E-state index contributed by atoms with van der Waals surface area (Å²) in [5.74, 6) is -1.50. The molecule has 0 spiro atoms. The van der Waals surface area contributed by atoms with Crippen molar-refractivity contribution in [1.82, 2.24) is 0 Å². The van der Waals surface area contributed by atoms with Gasteiger partial charge in [-0.05, 0) is 11.8 Å². The summed E-state index contributed by atoms with van der Waals surface area (Å²) in [7, 11) is 0. The first-order valence-electron chi connectivity index (χ1n) is 4.03. The second-order valence-electron chi connectivity index (χ2n) is 3.50. The van der Waals surface area contributed by atoms with Gasteiger partial charge in [-0.1, -0.05) is 13.8 Å². The molecule has 6 atom stereocenters. The van der Waals surface area contributed by atoms with Crippen LogP contribution in [0.1, 0.15) is 13.8 Å². The molecule has 0 aromatic heterocycles. The number of hydrogen-bond donors (Lipinski definition) is 0. The van der Waals surface area contributed by atoms with Gasteiger partial charge in [-0.25, -0.2) is 17.6 Å². The van der Waals surface area contributed by atoms with Gasteiger partial charge in [0, 0.05) is 0 Å². The number of halogens is 4. The Hall–Kier alpha value is -0.280. The Kier molecular flexibility index (Phi) is 2.64. The van der Waals surface area contributed by atoms with E-state index in [1.807, 2.05) is 0 Å². The second kappa shape index (κ2) is 3.23. The lowest BCUT2D eigenvalue weighted by Gasteiger charge is -2.36. The molecule has 1 rings (SSSR count). The molecule has 0 nitrogen and oxygen atoms in total. The van der Waals surface area contributed by atoms with Gasteiger partial charge < -0.3 is 0 Å². The molecule has 4 unspecified atom stereocenters. The van der Waals surface area contributed by atoms with Crippen LogP contribution >= 0.6 is 0 Å². The molecular weight excluding hydrogens is 172 g/mol. The van der Waals surface area contributed by atoms with Crippen molar-refractivity contribution in [2.45, 2.75) is 38.5 Å². The van der Waals surface area contributed by atoms with Crippen molar-refractivity contribution in [1.29, 1.82) is 0 Å². The lowest BCUT2D eigenvalue weighted by atomic mass is 9.77. The zero-order valence-electron chi connectivity index (χ0n) is 6.98. The third-order valence-electron chi connectivity index (χ3n) is 2.75. The van der Waals surface area contributed by atoms with Gasteiger partial charge in [0.25, 0.3) is 0 Å². The number of hydrogen-bond acceptors (Lipinski definition) is 0. The van der Waals surface area contributed by atoms with E-state index in [1.165, 1.54) is 13.8 Å². The molecule has 0 aromatic carbocycles. The molecule has 1 saturated carbocycles. The maximum Gasteiger partial charge on any atom is 0.165 e. The van der Waals surface area contributed by atoms with Gasteiger partial charge in [-0.2, -0.15) is 0 Å². The molecular formula is C8H12F4. The molecule has 0 bridgehead atoms. The highest BCUT2D eigenvalue weighted by atomic mass is 19.2. The fraction of sp³-hybridized carbons (Fsp3) is 1.00. The maximum absolute atomic E-state index is 12.9. The fourth-order valence-corrected chi connectivity index (χ4v) is 1.51. The third kappa shape index (κ3) is 1.31. The summed E-state index contributed by atoms with van der Waals surface area (Å²) in [4.78, 5) is 0. The van der Waals surface area contributed by atoms with Gasteiger partial charge >= 0.3 is 0 Å². The molecule has 72 valence electrons. The summed E-state index contributed by atoms with van der Waals surface area (Å²) < 4.78 is 51.0. The average molecular weight is 184 g/mol. The van der Waals surface area contributed by atoms with Crippen LogP contribution in [0.25, 0.3) is 0 Å². The highest BCUT2D eigenvalue weighted by Crippen LogP contribution is 2.37. The van der Waals surface area contributed by atoms with Crippen LogP contribution in [0.15, 0.2) is 0 Å². The minimum Gasteiger partial charge on any atom is -0.244 e. The van der Waals surface area contributed by atoms with E-state index in [1.54, 1.807) is 0 Å². The lowest BCUT2D eigenvalue weighted by Crippen LogP contribution is -2.50. The van der Waals surface area contributed by atoms with E-state index in [4.69, 9.17) is 0 Å². The van der Waals surface area contributed by atoms with Gasteiger partial charge in [0.15, 0.2) is 12.3 Å². The molecule has 1 fully saturated rings. The van der Waals surface area contributed by atoms with Gasteiger partial charge in [-0.3, -0.25) is 0 Å². The van der Waals surface area contributed by atoms with Crippen molar-refractivity contribution in [3.05, 3.63) is 0 Å². The van der Waals surface area contributed by atoms with Gasteiger partial charge in [-0.15, -0.1) is 0 Å². The van der Waals surface area contributed by atoms with Crippen LogP contribution in [0.2, 0.25) is 0 Å². The Morgan fingerprint density at radius 2 is 0.833 bits per heavy atom. The summed E-state index contributed by atoms with van der Waals surface area (Å²) in [5, 5.41) is 0. The molecule has 0 aliphatic heterocycles. The molecule has 1 aliphatic rings. The van der Waals surface area contributed by atoms with E-state index in [-0.39, 0.29) is 0 Å². The van der Waals surface area contributed by atoms with Gasteiger partial charge in [0.1, 0.15) is 12.3 Å². The van der Waals surface area contributed by atoms with Crippen LogP contribution in [0.3, 0.4) is 0 Å². The molecule has 0 heterocycles. The van der Waals surface area contributed by atoms with Crippen LogP contribution in [-0.2, 0) is 0 Å². The van der Waals surface area contributed by atoms with Crippen molar-refractivity contribution in [2.75, 3.05) is 0 Å². The summed E-state index contributed by atoms with van der Waals surface area (Å²) in [6.07, 6.45) is -8.35. The smallest absolute Gasteiger partial charge is 0.165 e. The predicted octanol–water partition coefficient (Wildman–Crippen LogP) is 2.62. The topological polar surface area (TPSA) is 0 Å². The maximum atomic E-state index is 12.9. The SMILES string of the molecule is C[C@@H]1C(F)C(F)C(F)C(F)[C@@H]1C. The molecule has 0 saturated heterocycles. The Morgan fingerprint density at radius 3 is 1.08 bits per heavy atom. The first kappa shape index (κ1) is 9.81. The van der Waals surface area contributed by atoms with Gasteiger partial charge in [0.2, 0.25) is 0 Å². The van der Waals surface area contributed by atoms with E-state index < -0.39 is 36.5 Å². The van der Waals surface area contributed by atoms with Crippen molar-refractivity contribution < 1.29 is 17.6 Å². The zero-order valence-corrected chi connectivity index (χ0v) is 6.98. The second-order valence-corrected chi connectivity index (χ2v) is 3.50. The van der Waals surface area contributed by atoms with Crippen molar-refractivity contribution >= 4 is 0 Å². The summed E-state index contributed by atoms with van der Waals surface area (Å²) in [6.45, 7) is 2.81. The molecule has 0 radical (unpaired) electrons. The minimum absolute atomic E-state index is 0.748. The minimum atomic E-state index is -2.30. The van der Waals surface area contributed by atoms with Crippen molar-refractivity contribution in [3.8, 4) is 0 Å². The molecule has 1 aliphatic carbocycles. The predicted molar refractivity (Wildman–Crippen MR) is 37.9 cm³/mol. The molecule has 0 aromatic rings. The fourth-order valence-electron chi connectivity index (χ4n) is 1.51. The van der Waals surface area contributed by atoms with E-state index >= 15 is 0 Å². The first-order valence-corrected chi connectivity index (χ1v) is 4.03. The summed E-state index contributed by atoms with van der Waals surface area (Å²) in [6, 6.07) is 0. The van der Waals surface area contributed by atoms with E-state index in [0.29, 0.717) is 0 Å². The Morgan fingerprint density at radius 1 is 0.583 bits per heavy atom. The lowest BCUT2D eigenvalue weighted by molar-refractivity contribution is -0.0678. The summed E-state index contributed by atoms with van der Waals surface area (Å²) >= 11 is 0. The highest BCUT2D eigenvalue weighted by molar-refractivity contribution is 4.95. The summed E-state index contributed by atoms with van der Waals surface area (Å²) in [5.41, 5.74) is 0. The van der Waals surface area contributed by atoms with Crippen LogP contribution in [0, 0.1) is 11.8 Å². The standard InChI is InChI=1S/C8H12F4/c1-3-4(2)6(10)8(12)7(11)5(3)9/h3-8H,1-2H3/t3-,4+,5?,6?,7?,8?. The van der Waals surface area contributed by atoms with E-state index in [2.05, 4.69) is 0 Å². The molecule has 0 amide bonds. The third-order valence-corrected chi connectivity index (χ3v) is 2.75. The quantitative estimate of drug-likeness (QED) is 0.507. The number of rotatable bonds is 0. The van der Waals surface area contributed by atoms with Crippen molar-refractivity contribution in [2.24, 2.45) is 11.8 Å². The Bertz CT molecular complexity index is 103. The molecule has 0 N–H and O–H groups in total. The van der Waals surface area contributed by atoms with Crippen LogP contribution in [0.5, 0.6) is 0 Å². The van der Waals surface area contributed by atoms with Crippen LogP contribution in [0.4, 0.5) is 17.6 Å². The van der Waals surface area contributed by atoms with E-state index in [9.17, 15) is 17.6 Å². The highest BCUT2D eigenvalue weighted by Gasteiger charge is 2.49. The first-order chi connectivity index (χ1) is 5.46. The average Bonchev–Trinajstić information content (AvgIpc) is 2.08. The Balaban J connectivity index is 2.76. The van der Waals surface area contributed by atoms with Crippen LogP contribution in [-0.4, -0.2) is 24.7 Å². The molecule has 4 heteroatoms. The van der Waals surface area contributed by atoms with Crippen LogP contribution < -0.4 is 0 Å².